The van der Waals surface area contributed by atoms with Crippen LogP contribution in [0.5, 0.6) is 40.2 Å². The molecular formula is C31H31NO10. The van der Waals surface area contributed by atoms with Gasteiger partial charge in [-0.3, -0.25) is 4.79 Å². The van der Waals surface area contributed by atoms with E-state index in [0.717, 1.165) is 5.56 Å². The molecule has 1 aromatic heterocycles. The molecule has 0 radical (unpaired) electrons. The highest BCUT2D eigenvalue weighted by atomic mass is 16.7. The van der Waals surface area contributed by atoms with E-state index in [9.17, 15) is 14.7 Å². The van der Waals surface area contributed by atoms with Gasteiger partial charge in [0.15, 0.2) is 23.0 Å². The second kappa shape index (κ2) is 12.2. The van der Waals surface area contributed by atoms with Crippen molar-refractivity contribution < 1.29 is 42.7 Å². The van der Waals surface area contributed by atoms with Crippen LogP contribution in [-0.2, 0) is 11.3 Å². The van der Waals surface area contributed by atoms with Gasteiger partial charge in [-0.2, -0.15) is 0 Å². The highest BCUT2D eigenvalue weighted by Gasteiger charge is 2.35. The van der Waals surface area contributed by atoms with Gasteiger partial charge in [-0.25, -0.2) is 4.79 Å². The highest BCUT2D eigenvalue weighted by Crippen LogP contribution is 2.53. The fourth-order valence-electron chi connectivity index (χ4n) is 5.03. The Morgan fingerprint density at radius 1 is 0.976 bits per heavy atom. The Morgan fingerprint density at radius 3 is 2.48 bits per heavy atom. The number of carbonyl (C=O) groups excluding carboxylic acids is 1. The van der Waals surface area contributed by atoms with Crippen LogP contribution in [0.1, 0.15) is 36.0 Å². The lowest BCUT2D eigenvalue weighted by Gasteiger charge is -2.22. The van der Waals surface area contributed by atoms with E-state index in [-0.39, 0.29) is 48.2 Å². The molecule has 0 fully saturated rings. The van der Waals surface area contributed by atoms with Gasteiger partial charge in [0.1, 0.15) is 11.3 Å². The first-order valence-electron chi connectivity index (χ1n) is 13.3. The summed E-state index contributed by atoms with van der Waals surface area (Å²) in [5.41, 5.74) is 0.464. The Balaban J connectivity index is 1.56. The summed E-state index contributed by atoms with van der Waals surface area (Å²) in [7, 11) is 4.45. The number of amides is 1. The molecule has 1 aliphatic rings. The maximum absolute atomic E-state index is 13.5. The zero-order valence-corrected chi connectivity index (χ0v) is 23.6. The fraction of sp³-hybridized carbons (Fsp3) is 0.290. The molecule has 0 unspecified atom stereocenters. The van der Waals surface area contributed by atoms with E-state index in [2.05, 4.69) is 5.32 Å². The predicted octanol–water partition coefficient (Wildman–Crippen LogP) is 4.49. The third kappa shape index (κ3) is 5.32. The smallest absolute Gasteiger partial charge is 0.343 e. The normalized spacial score (nSPS) is 12.6. The third-order valence-electron chi connectivity index (χ3n) is 6.97. The molecule has 0 saturated carbocycles. The number of fused-ring (bicyclic) bond motifs is 2. The molecule has 0 saturated heterocycles. The van der Waals surface area contributed by atoms with Crippen molar-refractivity contribution in [1.82, 2.24) is 5.32 Å². The number of nitrogens with one attached hydrogen (secondary N) is 1. The molecule has 1 aliphatic heterocycles. The first kappa shape index (κ1) is 28.5. The van der Waals surface area contributed by atoms with Crippen LogP contribution in [0.4, 0.5) is 0 Å². The van der Waals surface area contributed by atoms with Crippen molar-refractivity contribution in [3.05, 3.63) is 75.6 Å². The quantitative estimate of drug-likeness (QED) is 0.246. The Hall–Kier alpha value is -5.06. The molecule has 2 heterocycles. The molecule has 0 bridgehead atoms. The summed E-state index contributed by atoms with van der Waals surface area (Å²) in [4.78, 5) is 26.8. The molecule has 2 N–H and O–H groups in total. The van der Waals surface area contributed by atoms with Crippen molar-refractivity contribution in [2.75, 3.05) is 34.7 Å². The Bertz CT molecular complexity index is 1680. The maximum atomic E-state index is 13.5. The van der Waals surface area contributed by atoms with Crippen LogP contribution >= 0.6 is 0 Å². The van der Waals surface area contributed by atoms with Gasteiger partial charge in [0.25, 0.3) is 0 Å². The third-order valence-corrected chi connectivity index (χ3v) is 6.97. The summed E-state index contributed by atoms with van der Waals surface area (Å²) >= 11 is 0. The molecule has 0 spiro atoms. The first-order chi connectivity index (χ1) is 20.4. The minimum absolute atomic E-state index is 0.0639. The summed E-state index contributed by atoms with van der Waals surface area (Å²) < 4.78 is 39.0. The molecule has 1 amide bonds. The van der Waals surface area contributed by atoms with Crippen molar-refractivity contribution in [2.24, 2.45) is 0 Å². The number of hydrogen-bond donors (Lipinski definition) is 2. The summed E-state index contributed by atoms with van der Waals surface area (Å²) in [6.07, 6.45) is -0.246. The summed E-state index contributed by atoms with van der Waals surface area (Å²) in [6, 6.07) is 13.6. The van der Waals surface area contributed by atoms with E-state index in [1.807, 2.05) is 13.0 Å². The number of benzene rings is 3. The van der Waals surface area contributed by atoms with Crippen molar-refractivity contribution in [2.45, 2.75) is 25.8 Å². The Morgan fingerprint density at radius 2 is 1.74 bits per heavy atom. The molecule has 42 heavy (non-hydrogen) atoms. The lowest BCUT2D eigenvalue weighted by atomic mass is 9.86. The molecule has 0 aliphatic carbocycles. The predicted molar refractivity (Wildman–Crippen MR) is 152 cm³/mol. The number of hydrogen-bond acceptors (Lipinski definition) is 10. The van der Waals surface area contributed by atoms with Gasteiger partial charge in [-0.05, 0) is 42.8 Å². The van der Waals surface area contributed by atoms with Crippen molar-refractivity contribution in [3.63, 3.8) is 0 Å². The van der Waals surface area contributed by atoms with Crippen molar-refractivity contribution in [3.8, 4) is 40.2 Å². The van der Waals surface area contributed by atoms with E-state index in [0.29, 0.717) is 40.6 Å². The first-order valence-corrected chi connectivity index (χ1v) is 13.3. The zero-order valence-electron chi connectivity index (χ0n) is 23.6. The van der Waals surface area contributed by atoms with E-state index in [4.69, 9.17) is 32.8 Å². The lowest BCUT2D eigenvalue weighted by molar-refractivity contribution is -0.121. The van der Waals surface area contributed by atoms with Gasteiger partial charge in [-0.1, -0.05) is 18.2 Å². The van der Waals surface area contributed by atoms with Crippen LogP contribution in [0, 0.1) is 0 Å². The molecular weight excluding hydrogens is 546 g/mol. The van der Waals surface area contributed by atoms with Crippen LogP contribution in [0.3, 0.4) is 0 Å². The van der Waals surface area contributed by atoms with Gasteiger partial charge in [0.2, 0.25) is 24.2 Å². The Kier molecular flexibility index (Phi) is 8.28. The van der Waals surface area contributed by atoms with Crippen LogP contribution in [0.15, 0.2) is 57.7 Å². The molecule has 11 nitrogen and oxygen atoms in total. The zero-order chi connectivity index (χ0) is 29.8. The van der Waals surface area contributed by atoms with E-state index in [1.165, 1.54) is 14.2 Å². The van der Waals surface area contributed by atoms with Crippen molar-refractivity contribution >= 4 is 16.9 Å². The van der Waals surface area contributed by atoms with Gasteiger partial charge < -0.3 is 43.3 Å². The van der Waals surface area contributed by atoms with Crippen LogP contribution < -0.4 is 39.4 Å². The summed E-state index contributed by atoms with van der Waals surface area (Å²) in [5, 5.41) is 14.6. The maximum Gasteiger partial charge on any atom is 0.343 e. The molecule has 11 heteroatoms. The summed E-state index contributed by atoms with van der Waals surface area (Å²) in [6.45, 7) is 2.43. The van der Waals surface area contributed by atoms with Gasteiger partial charge >= 0.3 is 5.63 Å². The highest BCUT2D eigenvalue weighted by molar-refractivity contribution is 5.85. The number of aromatic hydroxyl groups is 1. The van der Waals surface area contributed by atoms with Gasteiger partial charge in [0, 0.05) is 24.4 Å². The molecule has 5 rings (SSSR count). The number of ether oxygens (including phenoxy) is 6. The molecule has 3 aromatic carbocycles. The average molecular weight is 578 g/mol. The topological polar surface area (TPSA) is 135 Å². The van der Waals surface area contributed by atoms with Gasteiger partial charge in [-0.15, -0.1) is 0 Å². The molecule has 220 valence electrons. The molecule has 4 aromatic rings. The van der Waals surface area contributed by atoms with E-state index >= 15 is 0 Å². The SMILES string of the molecule is CCOc1cc(CNC(=O)C[C@@H](c2cc(OC)c3c(c2OC)OCO3)c2c(O)c3ccccc3oc2=O)ccc1OC. The fourth-order valence-corrected chi connectivity index (χ4v) is 5.03. The van der Waals surface area contributed by atoms with E-state index < -0.39 is 17.5 Å². The average Bonchev–Trinajstić information content (AvgIpc) is 3.49. The number of para-hydroxylation sites is 1. The minimum atomic E-state index is -1.01. The van der Waals surface area contributed by atoms with Gasteiger partial charge in [0.05, 0.1) is 38.9 Å². The minimum Gasteiger partial charge on any atom is -0.507 e. The number of methoxy groups -OCH3 is 3. The standard InChI is InChI=1S/C31H31NO10/c1-5-39-23-12-17(10-11-22(23)36-2)15-32-25(33)14-19(26-27(34)18-8-6-7-9-21(18)42-31(26)35)20-13-24(37-3)29-30(28(20)38-4)41-16-40-29/h6-13,19,34H,5,14-16H2,1-4H3,(H,32,33)/t19-/m0/s1. The molecule has 1 atom stereocenters. The lowest BCUT2D eigenvalue weighted by Crippen LogP contribution is -2.27. The van der Waals surface area contributed by atoms with Crippen LogP contribution in [-0.4, -0.2) is 45.7 Å². The van der Waals surface area contributed by atoms with E-state index in [1.54, 1.807) is 49.6 Å². The Labute approximate surface area is 241 Å². The monoisotopic (exact) mass is 577 g/mol. The number of carbonyl (C=O) groups is 1. The number of rotatable bonds is 11. The van der Waals surface area contributed by atoms with Crippen LogP contribution in [0.2, 0.25) is 0 Å². The second-order valence-corrected chi connectivity index (χ2v) is 9.37. The summed E-state index contributed by atoms with van der Waals surface area (Å²) in [5.74, 6) is 0.576. The van der Waals surface area contributed by atoms with Crippen LogP contribution in [0.25, 0.3) is 11.0 Å². The largest absolute Gasteiger partial charge is 0.507 e. The second-order valence-electron chi connectivity index (χ2n) is 9.37. The van der Waals surface area contributed by atoms with Crippen molar-refractivity contribution in [1.29, 1.82) is 0 Å².